The number of rotatable bonds is 6. The minimum absolute atomic E-state index is 0.123. The second-order valence-electron chi connectivity index (χ2n) is 6.43. The first-order valence-electron chi connectivity index (χ1n) is 8.88. The van der Waals surface area contributed by atoms with Crippen molar-refractivity contribution in [3.8, 4) is 10.4 Å². The molecular formula is C22H20N2O4S. The number of carbonyl (C=O) groups is 3. The van der Waals surface area contributed by atoms with Gasteiger partial charge in [-0.2, -0.15) is 0 Å². The molecule has 3 aromatic rings. The molecule has 7 heteroatoms. The average molecular weight is 408 g/mol. The number of nitrogens with zero attached hydrogens (tertiary/aromatic N) is 1. The zero-order valence-electron chi connectivity index (χ0n) is 16.0. The third-order valence-corrected chi connectivity index (χ3v) is 5.14. The Morgan fingerprint density at radius 3 is 2.28 bits per heavy atom. The van der Waals surface area contributed by atoms with Crippen molar-refractivity contribution < 1.29 is 19.1 Å². The summed E-state index contributed by atoms with van der Waals surface area (Å²) in [7, 11) is 3.34. The van der Waals surface area contributed by atoms with Gasteiger partial charge >= 0.3 is 5.97 Å². The van der Waals surface area contributed by atoms with Crippen molar-refractivity contribution in [3.63, 3.8) is 0 Å². The van der Waals surface area contributed by atoms with Gasteiger partial charge in [0.2, 0.25) is 0 Å². The lowest BCUT2D eigenvalue weighted by Crippen LogP contribution is -2.22. The summed E-state index contributed by atoms with van der Waals surface area (Å²) in [6.07, 6.45) is 0. The van der Waals surface area contributed by atoms with E-state index < -0.39 is 18.5 Å². The molecule has 3 rings (SSSR count). The molecule has 0 saturated heterocycles. The van der Waals surface area contributed by atoms with Crippen molar-refractivity contribution in [3.05, 3.63) is 77.2 Å². The van der Waals surface area contributed by atoms with Crippen LogP contribution in [0.2, 0.25) is 0 Å². The minimum atomic E-state index is -0.542. The van der Waals surface area contributed by atoms with Crippen molar-refractivity contribution in [1.82, 2.24) is 4.90 Å². The van der Waals surface area contributed by atoms with Gasteiger partial charge in [-0.25, -0.2) is 4.79 Å². The molecule has 0 aliphatic rings. The van der Waals surface area contributed by atoms with E-state index in [-0.39, 0.29) is 5.91 Å². The molecule has 29 heavy (non-hydrogen) atoms. The van der Waals surface area contributed by atoms with Crippen LogP contribution in [0.5, 0.6) is 0 Å². The number of esters is 1. The van der Waals surface area contributed by atoms with Crippen LogP contribution in [-0.2, 0) is 9.53 Å². The predicted octanol–water partition coefficient (Wildman–Crippen LogP) is 3.91. The fourth-order valence-electron chi connectivity index (χ4n) is 2.56. The Labute approximate surface area is 172 Å². The lowest BCUT2D eigenvalue weighted by atomic mass is 10.2. The molecule has 1 N–H and O–H groups in total. The number of benzene rings is 2. The largest absolute Gasteiger partial charge is 0.451 e. The van der Waals surface area contributed by atoms with Crippen LogP contribution >= 0.6 is 11.3 Å². The normalized spacial score (nSPS) is 10.3. The van der Waals surface area contributed by atoms with E-state index in [0.717, 1.165) is 10.4 Å². The van der Waals surface area contributed by atoms with Gasteiger partial charge in [-0.05, 0) is 42.0 Å². The van der Waals surface area contributed by atoms with Gasteiger partial charge in [0, 0.05) is 30.2 Å². The Balaban J connectivity index is 1.52. The number of carbonyl (C=O) groups excluding carboxylic acids is 3. The second-order valence-corrected chi connectivity index (χ2v) is 7.51. The molecule has 0 unspecified atom stereocenters. The van der Waals surface area contributed by atoms with Crippen molar-refractivity contribution in [2.45, 2.75) is 0 Å². The highest BCUT2D eigenvalue weighted by molar-refractivity contribution is 7.17. The standard InChI is InChI=1S/C22H20N2O4S/c1-24(2)21(26)16-8-10-17(11-9-16)23-20(25)14-28-22(27)19-13-12-18(29-19)15-6-4-3-5-7-15/h3-13H,14H2,1-2H3,(H,23,25). The molecule has 0 atom stereocenters. The average Bonchev–Trinajstić information content (AvgIpc) is 3.23. The molecule has 0 bridgehead atoms. The van der Waals surface area contributed by atoms with Crippen LogP contribution in [0.4, 0.5) is 5.69 Å². The number of ether oxygens (including phenoxy) is 1. The highest BCUT2D eigenvalue weighted by Gasteiger charge is 2.14. The summed E-state index contributed by atoms with van der Waals surface area (Å²) in [6.45, 7) is -0.393. The van der Waals surface area contributed by atoms with Gasteiger partial charge in [-0.1, -0.05) is 30.3 Å². The molecule has 148 valence electrons. The SMILES string of the molecule is CN(C)C(=O)c1ccc(NC(=O)COC(=O)c2ccc(-c3ccccc3)s2)cc1. The van der Waals surface area contributed by atoms with Gasteiger partial charge < -0.3 is 15.0 Å². The molecule has 0 spiro atoms. The van der Waals surface area contributed by atoms with Gasteiger partial charge in [-0.3, -0.25) is 9.59 Å². The minimum Gasteiger partial charge on any atom is -0.451 e. The van der Waals surface area contributed by atoms with E-state index in [0.29, 0.717) is 16.1 Å². The predicted molar refractivity (Wildman–Crippen MR) is 113 cm³/mol. The van der Waals surface area contributed by atoms with Crippen LogP contribution in [0.25, 0.3) is 10.4 Å². The molecule has 0 radical (unpaired) electrons. The van der Waals surface area contributed by atoms with Crippen molar-refractivity contribution >= 4 is 34.8 Å². The number of hydrogen-bond donors (Lipinski definition) is 1. The van der Waals surface area contributed by atoms with Gasteiger partial charge in [0.05, 0.1) is 0 Å². The maximum Gasteiger partial charge on any atom is 0.348 e. The molecule has 0 aliphatic heterocycles. The molecule has 2 aromatic carbocycles. The molecule has 2 amide bonds. The van der Waals surface area contributed by atoms with Crippen LogP contribution in [0.15, 0.2) is 66.7 Å². The summed E-state index contributed by atoms with van der Waals surface area (Å²) in [5.41, 5.74) is 2.06. The third-order valence-electron chi connectivity index (χ3n) is 4.02. The van der Waals surface area contributed by atoms with E-state index in [1.807, 2.05) is 36.4 Å². The van der Waals surface area contributed by atoms with E-state index >= 15 is 0 Å². The zero-order chi connectivity index (χ0) is 20.8. The number of nitrogens with one attached hydrogen (secondary N) is 1. The first kappa shape index (κ1) is 20.3. The maximum absolute atomic E-state index is 12.2. The number of amides is 2. The zero-order valence-corrected chi connectivity index (χ0v) is 16.9. The van der Waals surface area contributed by atoms with Crippen molar-refractivity contribution in [2.24, 2.45) is 0 Å². The van der Waals surface area contributed by atoms with Gasteiger partial charge in [0.1, 0.15) is 4.88 Å². The van der Waals surface area contributed by atoms with Crippen molar-refractivity contribution in [2.75, 3.05) is 26.0 Å². The summed E-state index contributed by atoms with van der Waals surface area (Å²) in [5.74, 6) is -1.12. The number of anilines is 1. The van der Waals surface area contributed by atoms with E-state index in [2.05, 4.69) is 5.32 Å². The molecule has 0 saturated carbocycles. The van der Waals surface area contributed by atoms with E-state index in [1.165, 1.54) is 16.2 Å². The van der Waals surface area contributed by atoms with Crippen LogP contribution in [0.3, 0.4) is 0 Å². The van der Waals surface area contributed by atoms with Crippen LogP contribution in [-0.4, -0.2) is 43.4 Å². The molecule has 6 nitrogen and oxygen atoms in total. The molecular weight excluding hydrogens is 388 g/mol. The Bertz CT molecular complexity index is 1010. The Kier molecular flexibility index (Phi) is 6.41. The number of hydrogen-bond acceptors (Lipinski definition) is 5. The Morgan fingerprint density at radius 1 is 0.931 bits per heavy atom. The quantitative estimate of drug-likeness (QED) is 0.628. The maximum atomic E-state index is 12.2. The first-order chi connectivity index (χ1) is 13.9. The Hall–Kier alpha value is -3.45. The summed E-state index contributed by atoms with van der Waals surface area (Å²) in [4.78, 5) is 39.0. The molecule has 1 aromatic heterocycles. The lowest BCUT2D eigenvalue weighted by Gasteiger charge is -2.11. The fourth-order valence-corrected chi connectivity index (χ4v) is 3.46. The van der Waals surface area contributed by atoms with E-state index in [4.69, 9.17) is 4.74 Å². The summed E-state index contributed by atoms with van der Waals surface area (Å²) < 4.78 is 5.10. The Morgan fingerprint density at radius 2 is 1.62 bits per heavy atom. The number of thiophene rings is 1. The first-order valence-corrected chi connectivity index (χ1v) is 9.69. The third kappa shape index (κ3) is 5.30. The van der Waals surface area contributed by atoms with Gasteiger partial charge in [0.15, 0.2) is 6.61 Å². The van der Waals surface area contributed by atoms with Gasteiger partial charge in [0.25, 0.3) is 11.8 Å². The topological polar surface area (TPSA) is 75.7 Å². The monoisotopic (exact) mass is 408 g/mol. The van der Waals surface area contributed by atoms with Crippen LogP contribution < -0.4 is 5.32 Å². The summed E-state index contributed by atoms with van der Waals surface area (Å²) >= 11 is 1.31. The summed E-state index contributed by atoms with van der Waals surface area (Å²) in [6, 6.07) is 19.8. The van der Waals surface area contributed by atoms with Gasteiger partial charge in [-0.15, -0.1) is 11.3 Å². The lowest BCUT2D eigenvalue weighted by molar-refractivity contribution is -0.119. The summed E-state index contributed by atoms with van der Waals surface area (Å²) in [5, 5.41) is 2.64. The fraction of sp³-hybridized carbons (Fsp3) is 0.136. The van der Waals surface area contributed by atoms with Crippen LogP contribution in [0.1, 0.15) is 20.0 Å². The molecule has 0 aliphatic carbocycles. The van der Waals surface area contributed by atoms with E-state index in [9.17, 15) is 14.4 Å². The van der Waals surface area contributed by atoms with Crippen LogP contribution in [0, 0.1) is 0 Å². The molecule has 1 heterocycles. The highest BCUT2D eigenvalue weighted by atomic mass is 32.1. The van der Waals surface area contributed by atoms with Crippen molar-refractivity contribution in [1.29, 1.82) is 0 Å². The second kappa shape index (κ2) is 9.16. The smallest absolute Gasteiger partial charge is 0.348 e. The molecule has 0 fully saturated rings. The highest BCUT2D eigenvalue weighted by Crippen LogP contribution is 2.28. The van der Waals surface area contributed by atoms with E-state index in [1.54, 1.807) is 44.4 Å².